The van der Waals surface area contributed by atoms with Crippen LogP contribution in [0.4, 0.5) is 0 Å². The van der Waals surface area contributed by atoms with Gasteiger partial charge in [0.05, 0.1) is 5.54 Å². The second kappa shape index (κ2) is 5.67. The van der Waals surface area contributed by atoms with E-state index in [1.807, 2.05) is 0 Å². The fourth-order valence-corrected chi connectivity index (χ4v) is 2.12. The largest absolute Gasteiger partial charge is 0.354 e. The molecule has 1 fully saturated rings. The number of rotatable bonds is 5. The van der Waals surface area contributed by atoms with Crippen molar-refractivity contribution in [1.82, 2.24) is 10.6 Å². The minimum absolute atomic E-state index is 0.194. The molecule has 0 bridgehead atoms. The third-order valence-electron chi connectivity index (χ3n) is 4.00. The van der Waals surface area contributed by atoms with Gasteiger partial charge >= 0.3 is 0 Å². The molecule has 0 radical (unpaired) electrons. The molecule has 1 aliphatic rings. The van der Waals surface area contributed by atoms with Crippen molar-refractivity contribution in [2.24, 2.45) is 11.8 Å². The van der Waals surface area contributed by atoms with Gasteiger partial charge in [0.15, 0.2) is 0 Å². The van der Waals surface area contributed by atoms with Gasteiger partial charge in [0.2, 0.25) is 5.91 Å². The van der Waals surface area contributed by atoms with E-state index in [1.54, 1.807) is 0 Å². The van der Waals surface area contributed by atoms with Gasteiger partial charge in [0.1, 0.15) is 0 Å². The summed E-state index contributed by atoms with van der Waals surface area (Å²) in [7, 11) is 0. The molecule has 1 heterocycles. The predicted molar refractivity (Wildman–Crippen MR) is 67.3 cm³/mol. The Labute approximate surface area is 99.4 Å². The van der Waals surface area contributed by atoms with Gasteiger partial charge in [-0.2, -0.15) is 0 Å². The van der Waals surface area contributed by atoms with Crippen molar-refractivity contribution < 1.29 is 4.79 Å². The van der Waals surface area contributed by atoms with Gasteiger partial charge < -0.3 is 10.6 Å². The highest BCUT2D eigenvalue weighted by Gasteiger charge is 2.38. The summed E-state index contributed by atoms with van der Waals surface area (Å²) in [5.74, 6) is 1.36. The molecule has 1 amide bonds. The quantitative estimate of drug-likeness (QED) is 0.752. The lowest BCUT2D eigenvalue weighted by atomic mass is 9.92. The zero-order valence-corrected chi connectivity index (χ0v) is 11.1. The highest BCUT2D eigenvalue weighted by molar-refractivity contribution is 5.86. The van der Waals surface area contributed by atoms with Gasteiger partial charge in [0, 0.05) is 6.54 Å². The van der Waals surface area contributed by atoms with Gasteiger partial charge in [-0.15, -0.1) is 0 Å². The van der Waals surface area contributed by atoms with E-state index in [4.69, 9.17) is 0 Å². The Bertz CT molecular complexity index is 232. The van der Waals surface area contributed by atoms with Gasteiger partial charge in [-0.05, 0) is 37.6 Å². The fraction of sp³-hybridized carbons (Fsp3) is 0.923. The van der Waals surface area contributed by atoms with Crippen molar-refractivity contribution in [3.8, 4) is 0 Å². The Balaban J connectivity index is 2.45. The van der Waals surface area contributed by atoms with Crippen molar-refractivity contribution in [3.63, 3.8) is 0 Å². The minimum atomic E-state index is -0.281. The van der Waals surface area contributed by atoms with Gasteiger partial charge in [0.25, 0.3) is 0 Å². The summed E-state index contributed by atoms with van der Waals surface area (Å²) in [5.41, 5.74) is -0.281. The van der Waals surface area contributed by atoms with Crippen LogP contribution in [0.25, 0.3) is 0 Å². The summed E-state index contributed by atoms with van der Waals surface area (Å²) in [5, 5.41) is 6.46. The molecular weight excluding hydrogens is 200 g/mol. The molecule has 16 heavy (non-hydrogen) atoms. The van der Waals surface area contributed by atoms with Gasteiger partial charge in [-0.1, -0.05) is 27.7 Å². The first-order valence-electron chi connectivity index (χ1n) is 6.55. The topological polar surface area (TPSA) is 41.1 Å². The van der Waals surface area contributed by atoms with E-state index in [0.29, 0.717) is 11.8 Å². The van der Waals surface area contributed by atoms with Crippen molar-refractivity contribution in [1.29, 1.82) is 0 Å². The van der Waals surface area contributed by atoms with E-state index >= 15 is 0 Å². The molecule has 0 aromatic heterocycles. The average Bonchev–Trinajstić information content (AvgIpc) is 2.74. The summed E-state index contributed by atoms with van der Waals surface area (Å²) in [6, 6.07) is 0. The van der Waals surface area contributed by atoms with Crippen molar-refractivity contribution in [2.75, 3.05) is 13.1 Å². The molecule has 2 atom stereocenters. The molecule has 0 aromatic carbocycles. The van der Waals surface area contributed by atoms with E-state index < -0.39 is 0 Å². The van der Waals surface area contributed by atoms with Crippen LogP contribution >= 0.6 is 0 Å². The van der Waals surface area contributed by atoms with E-state index in [-0.39, 0.29) is 11.4 Å². The predicted octanol–water partition coefficient (Wildman–Crippen LogP) is 1.93. The van der Waals surface area contributed by atoms with Crippen LogP contribution in [0.5, 0.6) is 0 Å². The van der Waals surface area contributed by atoms with E-state index in [0.717, 1.165) is 32.4 Å². The molecule has 0 aliphatic carbocycles. The maximum atomic E-state index is 12.2. The van der Waals surface area contributed by atoms with Crippen molar-refractivity contribution >= 4 is 5.91 Å². The van der Waals surface area contributed by atoms with E-state index in [2.05, 4.69) is 38.3 Å². The van der Waals surface area contributed by atoms with Crippen molar-refractivity contribution in [2.45, 2.75) is 52.5 Å². The maximum absolute atomic E-state index is 12.2. The second-order valence-corrected chi connectivity index (χ2v) is 5.40. The Hall–Kier alpha value is -0.570. The van der Waals surface area contributed by atoms with Crippen LogP contribution in [0.2, 0.25) is 0 Å². The second-order valence-electron chi connectivity index (χ2n) is 5.40. The van der Waals surface area contributed by atoms with Crippen LogP contribution in [0, 0.1) is 11.8 Å². The molecule has 3 heteroatoms. The number of nitrogens with one attached hydrogen (secondary N) is 2. The van der Waals surface area contributed by atoms with Crippen molar-refractivity contribution in [3.05, 3.63) is 0 Å². The average molecular weight is 226 g/mol. The Morgan fingerprint density at radius 3 is 2.56 bits per heavy atom. The van der Waals surface area contributed by atoms with Crippen LogP contribution in [0.3, 0.4) is 0 Å². The lowest BCUT2D eigenvalue weighted by molar-refractivity contribution is -0.127. The normalized spacial score (nSPS) is 27.1. The first-order valence-corrected chi connectivity index (χ1v) is 6.55. The summed E-state index contributed by atoms with van der Waals surface area (Å²) >= 11 is 0. The lowest BCUT2D eigenvalue weighted by Crippen LogP contribution is -2.53. The molecule has 94 valence electrons. The third kappa shape index (κ3) is 2.97. The van der Waals surface area contributed by atoms with Crippen LogP contribution < -0.4 is 10.6 Å². The molecular formula is C13H26N2O. The zero-order chi connectivity index (χ0) is 12.2. The molecule has 1 aliphatic heterocycles. The number of hydrogen-bond acceptors (Lipinski definition) is 2. The molecule has 1 saturated heterocycles. The fourth-order valence-electron chi connectivity index (χ4n) is 2.12. The van der Waals surface area contributed by atoms with Gasteiger partial charge in [-0.25, -0.2) is 0 Å². The molecule has 3 nitrogen and oxygen atoms in total. The third-order valence-corrected chi connectivity index (χ3v) is 4.00. The first-order chi connectivity index (χ1) is 7.52. The monoisotopic (exact) mass is 226 g/mol. The smallest absolute Gasteiger partial charge is 0.240 e. The molecule has 0 saturated carbocycles. The Morgan fingerprint density at radius 2 is 2.12 bits per heavy atom. The summed E-state index contributed by atoms with van der Waals surface area (Å²) in [6.45, 7) is 10.4. The standard InChI is InChI=1S/C13H26N2O/c1-5-13(7-6-8-15-13)12(16)14-9-11(4)10(2)3/h10-11,15H,5-9H2,1-4H3,(H,14,16). The molecule has 1 rings (SSSR count). The molecule has 2 N–H and O–H groups in total. The van der Waals surface area contributed by atoms with Crippen LogP contribution in [-0.2, 0) is 4.79 Å². The maximum Gasteiger partial charge on any atom is 0.240 e. The number of carbonyl (C=O) groups is 1. The Kier molecular flexibility index (Phi) is 4.78. The SMILES string of the molecule is CCC1(C(=O)NCC(C)C(C)C)CCCN1. The highest BCUT2D eigenvalue weighted by atomic mass is 16.2. The molecule has 0 aromatic rings. The Morgan fingerprint density at radius 1 is 1.44 bits per heavy atom. The molecule has 2 unspecified atom stereocenters. The van der Waals surface area contributed by atoms with Gasteiger partial charge in [-0.3, -0.25) is 4.79 Å². The summed E-state index contributed by atoms with van der Waals surface area (Å²) < 4.78 is 0. The highest BCUT2D eigenvalue weighted by Crippen LogP contribution is 2.23. The number of hydrogen-bond donors (Lipinski definition) is 2. The number of carbonyl (C=O) groups excluding carboxylic acids is 1. The number of amides is 1. The summed E-state index contributed by atoms with van der Waals surface area (Å²) in [4.78, 5) is 12.2. The zero-order valence-electron chi connectivity index (χ0n) is 11.1. The lowest BCUT2D eigenvalue weighted by Gasteiger charge is -2.28. The summed E-state index contributed by atoms with van der Waals surface area (Å²) in [6.07, 6.45) is 2.97. The van der Waals surface area contributed by atoms with Crippen LogP contribution in [0.1, 0.15) is 47.0 Å². The van der Waals surface area contributed by atoms with E-state index in [1.165, 1.54) is 0 Å². The molecule has 0 spiro atoms. The first kappa shape index (κ1) is 13.5. The van der Waals surface area contributed by atoms with Crippen LogP contribution in [0.15, 0.2) is 0 Å². The van der Waals surface area contributed by atoms with E-state index in [9.17, 15) is 4.79 Å². The van der Waals surface area contributed by atoms with Crippen LogP contribution in [-0.4, -0.2) is 24.5 Å². The minimum Gasteiger partial charge on any atom is -0.354 e.